The fourth-order valence-electron chi connectivity index (χ4n) is 3.00. The number of carbonyl (C=O) groups excluding carboxylic acids is 1. The largest absolute Gasteiger partial charge is 0.496 e. The third-order valence-corrected chi connectivity index (χ3v) is 4.44. The molecule has 1 saturated heterocycles. The summed E-state index contributed by atoms with van der Waals surface area (Å²) in [6.45, 7) is 2.65. The maximum Gasteiger partial charge on any atom is 0.257 e. The van der Waals surface area contributed by atoms with E-state index in [1.165, 1.54) is 24.3 Å². The van der Waals surface area contributed by atoms with Crippen molar-refractivity contribution in [1.29, 1.82) is 5.26 Å². The van der Waals surface area contributed by atoms with Crippen LogP contribution in [0, 0.1) is 17.1 Å². The molecule has 0 unspecified atom stereocenters. The number of benzene rings is 1. The van der Waals surface area contributed by atoms with Gasteiger partial charge in [-0.1, -0.05) is 0 Å². The summed E-state index contributed by atoms with van der Waals surface area (Å²) >= 11 is 0. The van der Waals surface area contributed by atoms with Gasteiger partial charge in [0.2, 0.25) is 5.95 Å². The Bertz CT molecular complexity index is 962. The van der Waals surface area contributed by atoms with Gasteiger partial charge in [-0.15, -0.1) is 0 Å². The van der Waals surface area contributed by atoms with Crippen molar-refractivity contribution in [3.63, 3.8) is 0 Å². The summed E-state index contributed by atoms with van der Waals surface area (Å²) in [5.74, 6) is -0.678. The molecule has 2 aromatic rings. The Morgan fingerprint density at radius 2 is 2.28 bits per heavy atom. The van der Waals surface area contributed by atoms with Gasteiger partial charge in [0, 0.05) is 19.2 Å². The van der Waals surface area contributed by atoms with Crippen LogP contribution in [-0.4, -0.2) is 53.7 Å². The maximum atomic E-state index is 14.7. The molecular formula is C19H20F2N6O2. The Balaban J connectivity index is 1.89. The third kappa shape index (κ3) is 4.34. The summed E-state index contributed by atoms with van der Waals surface area (Å²) in [6, 6.07) is 4.34. The van der Waals surface area contributed by atoms with Gasteiger partial charge in [-0.05, 0) is 19.4 Å². The first-order valence-electron chi connectivity index (χ1n) is 9.05. The van der Waals surface area contributed by atoms with Crippen molar-refractivity contribution < 1.29 is 18.3 Å². The average molecular weight is 402 g/mol. The molecule has 1 aromatic heterocycles. The first kappa shape index (κ1) is 20.3. The molecule has 3 rings (SSSR count). The number of hydrogen-bond donors (Lipinski definition) is 2. The van der Waals surface area contributed by atoms with Gasteiger partial charge >= 0.3 is 0 Å². The number of nitrogens with one attached hydrogen (secondary N) is 2. The molecule has 2 heterocycles. The van der Waals surface area contributed by atoms with Crippen LogP contribution in [0.3, 0.4) is 0 Å². The minimum absolute atomic E-state index is 0.00431. The molecule has 1 fully saturated rings. The second-order valence-electron chi connectivity index (χ2n) is 6.39. The van der Waals surface area contributed by atoms with E-state index in [0.717, 1.165) is 6.07 Å². The molecule has 0 spiro atoms. The van der Waals surface area contributed by atoms with Crippen molar-refractivity contribution in [3.05, 3.63) is 35.3 Å². The number of amides is 1. The Hall–Kier alpha value is -3.48. The van der Waals surface area contributed by atoms with Gasteiger partial charge in [-0.2, -0.15) is 10.2 Å². The maximum absolute atomic E-state index is 14.7. The highest BCUT2D eigenvalue weighted by Gasteiger charge is 2.29. The SMILES string of the molecule is CCNc1nc(Nc2cc(OC)c(C(=O)N3CC[C@H](F)C3)cc2F)ncc1C#N. The zero-order valence-electron chi connectivity index (χ0n) is 16.0. The number of ether oxygens (including phenoxy) is 1. The Morgan fingerprint density at radius 1 is 1.48 bits per heavy atom. The van der Waals surface area contributed by atoms with Crippen molar-refractivity contribution >= 4 is 23.4 Å². The van der Waals surface area contributed by atoms with E-state index in [1.807, 2.05) is 13.0 Å². The summed E-state index contributed by atoms with van der Waals surface area (Å²) in [5.41, 5.74) is 0.266. The number of hydrogen-bond acceptors (Lipinski definition) is 7. The Labute approximate surface area is 166 Å². The van der Waals surface area contributed by atoms with Crippen molar-refractivity contribution in [1.82, 2.24) is 14.9 Å². The number of nitrogens with zero attached hydrogens (tertiary/aromatic N) is 4. The number of likely N-dealkylation sites (tertiary alicyclic amines) is 1. The zero-order chi connectivity index (χ0) is 21.0. The number of carbonyl (C=O) groups is 1. The molecule has 152 valence electrons. The average Bonchev–Trinajstić information content (AvgIpc) is 3.15. The van der Waals surface area contributed by atoms with Crippen LogP contribution in [0.1, 0.15) is 29.3 Å². The molecule has 29 heavy (non-hydrogen) atoms. The number of methoxy groups -OCH3 is 1. The zero-order valence-corrected chi connectivity index (χ0v) is 16.0. The van der Waals surface area contributed by atoms with Crippen molar-refractivity contribution in [3.8, 4) is 11.8 Å². The number of nitriles is 1. The topological polar surface area (TPSA) is 103 Å². The van der Waals surface area contributed by atoms with Crippen LogP contribution in [0.15, 0.2) is 18.3 Å². The van der Waals surface area contributed by atoms with Crippen LogP contribution in [0.5, 0.6) is 5.75 Å². The highest BCUT2D eigenvalue weighted by atomic mass is 19.1. The van der Waals surface area contributed by atoms with Crippen LogP contribution in [0.2, 0.25) is 0 Å². The molecule has 1 aromatic carbocycles. The predicted molar refractivity (Wildman–Crippen MR) is 103 cm³/mol. The first-order valence-corrected chi connectivity index (χ1v) is 9.05. The second-order valence-corrected chi connectivity index (χ2v) is 6.39. The summed E-state index contributed by atoms with van der Waals surface area (Å²) in [7, 11) is 1.36. The highest BCUT2D eigenvalue weighted by Crippen LogP contribution is 2.30. The number of rotatable bonds is 6. The van der Waals surface area contributed by atoms with E-state index in [4.69, 9.17) is 10.00 Å². The number of aromatic nitrogens is 2. The summed E-state index contributed by atoms with van der Waals surface area (Å²) < 4.78 is 33.3. The van der Waals surface area contributed by atoms with E-state index in [2.05, 4.69) is 20.6 Å². The lowest BCUT2D eigenvalue weighted by Crippen LogP contribution is -2.29. The van der Waals surface area contributed by atoms with Gasteiger partial charge in [0.15, 0.2) is 0 Å². The van der Waals surface area contributed by atoms with Crippen LogP contribution < -0.4 is 15.4 Å². The Kier molecular flexibility index (Phi) is 6.07. The summed E-state index contributed by atoms with van der Waals surface area (Å²) in [6.07, 6.45) is 0.511. The summed E-state index contributed by atoms with van der Waals surface area (Å²) in [4.78, 5) is 22.1. The molecule has 2 N–H and O–H groups in total. The standard InChI is InChI=1S/C19H20F2N6O2/c1-3-23-17-11(8-22)9-24-19(26-17)25-15-7-16(29-2)13(6-14(15)21)18(28)27-5-4-12(20)10-27/h6-7,9,12H,3-5,10H2,1-2H3,(H2,23,24,25,26)/t12-/m0/s1. The van der Waals surface area contributed by atoms with E-state index in [-0.39, 0.29) is 48.0 Å². The highest BCUT2D eigenvalue weighted by molar-refractivity contribution is 5.97. The lowest BCUT2D eigenvalue weighted by atomic mass is 10.1. The molecule has 1 aliphatic rings. The van der Waals surface area contributed by atoms with Crippen LogP contribution in [-0.2, 0) is 0 Å². The van der Waals surface area contributed by atoms with E-state index in [0.29, 0.717) is 12.4 Å². The molecule has 1 atom stereocenters. The van der Waals surface area contributed by atoms with Gasteiger partial charge in [-0.25, -0.2) is 13.8 Å². The van der Waals surface area contributed by atoms with Gasteiger partial charge in [0.25, 0.3) is 5.91 Å². The Morgan fingerprint density at radius 3 is 2.90 bits per heavy atom. The molecule has 0 aliphatic carbocycles. The van der Waals surface area contributed by atoms with Crippen molar-refractivity contribution in [2.24, 2.45) is 0 Å². The second kappa shape index (κ2) is 8.68. The molecule has 1 amide bonds. The smallest absolute Gasteiger partial charge is 0.257 e. The van der Waals surface area contributed by atoms with Crippen LogP contribution in [0.25, 0.3) is 0 Å². The molecular weight excluding hydrogens is 382 g/mol. The fraction of sp³-hybridized carbons (Fsp3) is 0.368. The molecule has 10 heteroatoms. The van der Waals surface area contributed by atoms with E-state index < -0.39 is 17.9 Å². The van der Waals surface area contributed by atoms with Crippen LogP contribution in [0.4, 0.5) is 26.2 Å². The van der Waals surface area contributed by atoms with E-state index in [1.54, 1.807) is 0 Å². The summed E-state index contributed by atoms with van der Waals surface area (Å²) in [5, 5.41) is 14.8. The fourth-order valence-corrected chi connectivity index (χ4v) is 3.00. The van der Waals surface area contributed by atoms with Gasteiger partial charge in [0.1, 0.15) is 35.2 Å². The molecule has 0 radical (unpaired) electrons. The normalized spacial score (nSPS) is 15.7. The lowest BCUT2D eigenvalue weighted by Gasteiger charge is -2.18. The van der Waals surface area contributed by atoms with E-state index >= 15 is 0 Å². The molecule has 0 bridgehead atoms. The number of alkyl halides is 1. The van der Waals surface area contributed by atoms with Gasteiger partial charge < -0.3 is 20.3 Å². The molecule has 0 saturated carbocycles. The number of halogens is 2. The monoisotopic (exact) mass is 402 g/mol. The third-order valence-electron chi connectivity index (χ3n) is 4.44. The minimum atomic E-state index is -1.07. The first-order chi connectivity index (χ1) is 14.0. The minimum Gasteiger partial charge on any atom is -0.496 e. The van der Waals surface area contributed by atoms with Crippen LogP contribution >= 0.6 is 0 Å². The lowest BCUT2D eigenvalue weighted by molar-refractivity contribution is 0.0779. The quantitative estimate of drug-likeness (QED) is 0.766. The van der Waals surface area contributed by atoms with Crippen molar-refractivity contribution in [2.45, 2.75) is 19.5 Å². The molecule has 1 aliphatic heterocycles. The van der Waals surface area contributed by atoms with Gasteiger partial charge in [0.05, 0.1) is 31.1 Å². The molecule has 8 nitrogen and oxygen atoms in total. The van der Waals surface area contributed by atoms with E-state index in [9.17, 15) is 13.6 Å². The number of anilines is 3. The predicted octanol–water partition coefficient (Wildman–Crippen LogP) is 2.86. The van der Waals surface area contributed by atoms with Gasteiger partial charge in [-0.3, -0.25) is 4.79 Å². The van der Waals surface area contributed by atoms with Crippen molar-refractivity contribution in [2.75, 3.05) is 37.4 Å².